The molecule has 0 spiro atoms. The van der Waals surface area contributed by atoms with Crippen LogP contribution in [0.25, 0.3) is 28.4 Å². The Kier molecular flexibility index (Phi) is 4.89. The lowest BCUT2D eigenvalue weighted by Crippen LogP contribution is -2.12. The summed E-state index contributed by atoms with van der Waals surface area (Å²) in [6.07, 6.45) is 5.10. The number of halogens is 1. The second-order valence-electron chi connectivity index (χ2n) is 7.49. The van der Waals surface area contributed by atoms with Crippen LogP contribution in [0.1, 0.15) is 27.7 Å². The maximum atomic E-state index is 14.6. The van der Waals surface area contributed by atoms with Crippen LogP contribution >= 0.6 is 0 Å². The number of amides is 1. The van der Waals surface area contributed by atoms with Gasteiger partial charge in [0.05, 0.1) is 17.0 Å². The SMILES string of the molecule is Cc1nc(C)c(C(=O)Nc2ccc(F)c(-c3nc4ncc(-c5ncccc5C)cn4n3)c2)o1. The molecule has 5 rings (SSSR count). The Balaban J connectivity index is 1.48. The normalized spacial score (nSPS) is 11.2. The van der Waals surface area contributed by atoms with Crippen molar-refractivity contribution in [3.63, 3.8) is 0 Å². The van der Waals surface area contributed by atoms with Gasteiger partial charge in [-0.3, -0.25) is 9.78 Å². The van der Waals surface area contributed by atoms with Crippen LogP contribution in [0.5, 0.6) is 0 Å². The van der Waals surface area contributed by atoms with Crippen LogP contribution in [0.3, 0.4) is 0 Å². The third kappa shape index (κ3) is 3.82. The molecule has 1 amide bonds. The smallest absolute Gasteiger partial charge is 0.293 e. The molecule has 4 aromatic heterocycles. The first-order valence-corrected chi connectivity index (χ1v) is 10.1. The molecular weight excluding hydrogens is 425 g/mol. The number of fused-ring (bicyclic) bond motifs is 1. The highest BCUT2D eigenvalue weighted by molar-refractivity contribution is 6.03. The highest BCUT2D eigenvalue weighted by atomic mass is 19.1. The summed E-state index contributed by atoms with van der Waals surface area (Å²) in [7, 11) is 0. The molecule has 0 aliphatic rings. The summed E-state index contributed by atoms with van der Waals surface area (Å²) in [4.78, 5) is 29.7. The Morgan fingerprint density at radius 1 is 1.12 bits per heavy atom. The number of hydrogen-bond acceptors (Lipinski definition) is 7. The van der Waals surface area contributed by atoms with Crippen molar-refractivity contribution in [2.24, 2.45) is 0 Å². The van der Waals surface area contributed by atoms with E-state index >= 15 is 0 Å². The van der Waals surface area contributed by atoms with Gasteiger partial charge in [0.2, 0.25) is 5.76 Å². The molecule has 0 aliphatic heterocycles. The van der Waals surface area contributed by atoms with Crippen molar-refractivity contribution in [2.75, 3.05) is 5.32 Å². The number of oxazole rings is 1. The molecule has 0 fully saturated rings. The average Bonchev–Trinajstić information content (AvgIpc) is 3.37. The van der Waals surface area contributed by atoms with Crippen molar-refractivity contribution in [1.29, 1.82) is 0 Å². The zero-order valence-electron chi connectivity index (χ0n) is 18.0. The number of carbonyl (C=O) groups is 1. The minimum Gasteiger partial charge on any atom is -0.436 e. The van der Waals surface area contributed by atoms with Gasteiger partial charge < -0.3 is 9.73 Å². The Labute approximate surface area is 187 Å². The maximum absolute atomic E-state index is 14.6. The van der Waals surface area contributed by atoms with Crippen LogP contribution < -0.4 is 5.32 Å². The van der Waals surface area contributed by atoms with Crippen LogP contribution in [0.2, 0.25) is 0 Å². The summed E-state index contributed by atoms with van der Waals surface area (Å²) in [6.45, 7) is 5.29. The number of nitrogens with zero attached hydrogens (tertiary/aromatic N) is 6. The zero-order valence-corrected chi connectivity index (χ0v) is 18.0. The number of aromatic nitrogens is 6. The topological polar surface area (TPSA) is 111 Å². The highest BCUT2D eigenvalue weighted by Gasteiger charge is 2.18. The summed E-state index contributed by atoms with van der Waals surface area (Å²) >= 11 is 0. The molecule has 0 saturated carbocycles. The Morgan fingerprint density at radius 3 is 2.73 bits per heavy atom. The average molecular weight is 443 g/mol. The second kappa shape index (κ2) is 7.90. The Bertz CT molecular complexity index is 1520. The van der Waals surface area contributed by atoms with Crippen molar-refractivity contribution in [3.05, 3.63) is 77.6 Å². The monoisotopic (exact) mass is 443 g/mol. The van der Waals surface area contributed by atoms with Crippen LogP contribution in [-0.2, 0) is 0 Å². The van der Waals surface area contributed by atoms with Crippen LogP contribution in [0.4, 0.5) is 10.1 Å². The first-order chi connectivity index (χ1) is 15.9. The molecule has 0 bridgehead atoms. The fraction of sp³-hybridized carbons (Fsp3) is 0.130. The van der Waals surface area contributed by atoms with E-state index in [-0.39, 0.29) is 17.1 Å². The highest BCUT2D eigenvalue weighted by Crippen LogP contribution is 2.26. The number of carbonyl (C=O) groups excluding carboxylic acids is 1. The van der Waals surface area contributed by atoms with Crippen molar-refractivity contribution in [3.8, 4) is 22.6 Å². The van der Waals surface area contributed by atoms with Gasteiger partial charge in [-0.2, -0.15) is 4.98 Å². The molecule has 1 aromatic carbocycles. The molecule has 1 N–H and O–H groups in total. The van der Waals surface area contributed by atoms with Crippen LogP contribution in [-0.4, -0.2) is 35.5 Å². The van der Waals surface area contributed by atoms with Gasteiger partial charge in [-0.25, -0.2) is 18.9 Å². The van der Waals surface area contributed by atoms with Gasteiger partial charge in [0, 0.05) is 36.8 Å². The van der Waals surface area contributed by atoms with E-state index in [2.05, 4.69) is 30.4 Å². The van der Waals surface area contributed by atoms with E-state index in [9.17, 15) is 9.18 Å². The lowest BCUT2D eigenvalue weighted by molar-refractivity contribution is 0.0994. The van der Waals surface area contributed by atoms with Crippen molar-refractivity contribution in [2.45, 2.75) is 20.8 Å². The second-order valence-corrected chi connectivity index (χ2v) is 7.49. The number of pyridine rings is 1. The van der Waals surface area contributed by atoms with Gasteiger partial charge in [0.15, 0.2) is 11.7 Å². The summed E-state index contributed by atoms with van der Waals surface area (Å²) < 4.78 is 21.5. The van der Waals surface area contributed by atoms with E-state index in [1.807, 2.05) is 19.1 Å². The number of aryl methyl sites for hydroxylation is 3. The molecule has 10 heteroatoms. The first kappa shape index (κ1) is 20.4. The summed E-state index contributed by atoms with van der Waals surface area (Å²) in [5.74, 6) is -0.0754. The molecule has 0 saturated heterocycles. The summed E-state index contributed by atoms with van der Waals surface area (Å²) in [5.41, 5.74) is 3.49. The fourth-order valence-electron chi connectivity index (χ4n) is 3.51. The van der Waals surface area contributed by atoms with E-state index in [0.717, 1.165) is 16.8 Å². The Morgan fingerprint density at radius 2 is 1.97 bits per heavy atom. The Hall–Kier alpha value is -4.47. The third-order valence-corrected chi connectivity index (χ3v) is 5.05. The molecule has 5 aromatic rings. The van der Waals surface area contributed by atoms with Gasteiger partial charge in [-0.15, -0.1) is 5.10 Å². The van der Waals surface area contributed by atoms with E-state index in [1.54, 1.807) is 32.4 Å². The van der Waals surface area contributed by atoms with Gasteiger partial charge in [-0.05, 0) is 43.7 Å². The predicted molar refractivity (Wildman–Crippen MR) is 118 cm³/mol. The molecule has 4 heterocycles. The molecule has 0 unspecified atom stereocenters. The molecule has 0 radical (unpaired) electrons. The maximum Gasteiger partial charge on any atom is 0.293 e. The van der Waals surface area contributed by atoms with Crippen molar-refractivity contribution < 1.29 is 13.6 Å². The number of benzene rings is 1. The van der Waals surface area contributed by atoms with Crippen LogP contribution in [0.15, 0.2) is 53.3 Å². The molecular formula is C23H18FN7O2. The zero-order chi connectivity index (χ0) is 23.1. The minimum absolute atomic E-state index is 0.103. The number of rotatable bonds is 4. The molecule has 0 aliphatic carbocycles. The minimum atomic E-state index is -0.531. The summed E-state index contributed by atoms with van der Waals surface area (Å²) in [6, 6.07) is 7.97. The number of hydrogen-bond donors (Lipinski definition) is 1. The van der Waals surface area contributed by atoms with Gasteiger partial charge in [-0.1, -0.05) is 6.07 Å². The first-order valence-electron chi connectivity index (χ1n) is 10.1. The number of anilines is 1. The third-order valence-electron chi connectivity index (χ3n) is 5.05. The van der Waals surface area contributed by atoms with Gasteiger partial charge >= 0.3 is 0 Å². The van der Waals surface area contributed by atoms with Crippen molar-refractivity contribution >= 4 is 17.4 Å². The van der Waals surface area contributed by atoms with Gasteiger partial charge in [0.25, 0.3) is 11.7 Å². The molecule has 9 nitrogen and oxygen atoms in total. The van der Waals surface area contributed by atoms with Crippen molar-refractivity contribution in [1.82, 2.24) is 29.5 Å². The van der Waals surface area contributed by atoms with Gasteiger partial charge in [0.1, 0.15) is 5.82 Å². The molecule has 33 heavy (non-hydrogen) atoms. The largest absolute Gasteiger partial charge is 0.436 e. The number of nitrogens with one attached hydrogen (secondary N) is 1. The fourth-order valence-corrected chi connectivity index (χ4v) is 3.51. The van der Waals surface area contributed by atoms with E-state index < -0.39 is 11.7 Å². The van der Waals surface area contributed by atoms with E-state index in [1.165, 1.54) is 22.7 Å². The van der Waals surface area contributed by atoms with E-state index in [4.69, 9.17) is 4.42 Å². The molecule has 0 atom stereocenters. The lowest BCUT2D eigenvalue weighted by atomic mass is 10.1. The predicted octanol–water partition coefficient (Wildman–Crippen LogP) is 4.16. The molecule has 164 valence electrons. The lowest BCUT2D eigenvalue weighted by Gasteiger charge is -2.06. The van der Waals surface area contributed by atoms with E-state index in [0.29, 0.717) is 23.0 Å². The summed E-state index contributed by atoms with van der Waals surface area (Å²) in [5, 5.41) is 7.08. The van der Waals surface area contributed by atoms with Crippen LogP contribution in [0, 0.1) is 26.6 Å². The standard InChI is InChI=1S/C23H18FN7O2/c1-12-5-4-8-25-19(12)15-10-26-23-29-21(30-31(23)11-15)17-9-16(6-7-18(17)24)28-22(32)20-13(2)27-14(3)33-20/h4-11H,1-3H3,(H,28,32). The quantitative estimate of drug-likeness (QED) is 0.444.